The van der Waals surface area contributed by atoms with Gasteiger partial charge in [0.05, 0.1) is 0 Å². The minimum absolute atomic E-state index is 0.825. The van der Waals surface area contributed by atoms with Crippen LogP contribution in [0.1, 0.15) is 5.56 Å². The molecule has 12 aromatic carbocycles. The van der Waals surface area contributed by atoms with Crippen LogP contribution in [0.25, 0.3) is 96.6 Å². The Kier molecular flexibility index (Phi) is 11.6. The first-order valence-corrected chi connectivity index (χ1v) is 26.4. The van der Waals surface area contributed by atoms with Crippen LogP contribution in [0.3, 0.4) is 0 Å². The summed E-state index contributed by atoms with van der Waals surface area (Å²) in [6, 6.07) is 88.1. The van der Waals surface area contributed by atoms with Gasteiger partial charge in [-0.15, -0.1) is 11.3 Å². The molecule has 70 heavy (non-hydrogen) atoms. The average molecular weight is 952 g/mol. The van der Waals surface area contributed by atoms with Crippen molar-refractivity contribution in [2.45, 2.75) is 6.92 Å². The van der Waals surface area contributed by atoms with Crippen LogP contribution < -0.4 is 9.64 Å². The van der Waals surface area contributed by atoms with Crippen LogP contribution in [0.4, 0.5) is 17.1 Å². The predicted octanol–water partition coefficient (Wildman–Crippen LogP) is 19.9. The van der Waals surface area contributed by atoms with Gasteiger partial charge >= 0.3 is 0 Å². The monoisotopic (exact) mass is 951 g/mol. The molecule has 1 heterocycles. The van der Waals surface area contributed by atoms with Crippen molar-refractivity contribution >= 4 is 112 Å². The minimum atomic E-state index is 0.825. The molecule has 0 aliphatic carbocycles. The molecule has 0 radical (unpaired) electrons. The first-order chi connectivity index (χ1) is 34.6. The fourth-order valence-corrected chi connectivity index (χ4v) is 11.5. The summed E-state index contributed by atoms with van der Waals surface area (Å²) in [7, 11) is 2.11. The topological polar surface area (TPSA) is 12.5 Å². The van der Waals surface area contributed by atoms with E-state index in [0.29, 0.717) is 0 Å². The number of fused-ring (bicyclic) bond motifs is 9. The average Bonchev–Trinajstić information content (AvgIpc) is 3.83. The normalized spacial score (nSPS) is 11.4. The molecule has 0 aliphatic heterocycles. The van der Waals surface area contributed by atoms with Crippen molar-refractivity contribution in [3.05, 3.63) is 248 Å². The Hall–Kier alpha value is -7.72. The van der Waals surface area contributed by atoms with Crippen molar-refractivity contribution in [1.29, 1.82) is 0 Å². The van der Waals surface area contributed by atoms with Gasteiger partial charge in [0.1, 0.15) is 11.5 Å². The number of rotatable bonds is 8. The van der Waals surface area contributed by atoms with Gasteiger partial charge in [-0.25, -0.2) is 0 Å². The van der Waals surface area contributed by atoms with Gasteiger partial charge < -0.3 is 9.64 Å². The summed E-state index contributed by atoms with van der Waals surface area (Å²) in [5, 5.41) is 12.4. The molecule has 0 spiro atoms. The first-order valence-electron chi connectivity index (χ1n) is 23.5. The largest absolute Gasteiger partial charge is 0.456 e. The maximum absolute atomic E-state index is 6.50. The lowest BCUT2D eigenvalue weighted by Crippen LogP contribution is -2.10. The summed E-state index contributed by atoms with van der Waals surface area (Å²) in [4.78, 5) is 2.39. The number of benzene rings is 12. The molecular formula is C65H46NOPS2. The molecule has 13 rings (SSSR count). The van der Waals surface area contributed by atoms with Crippen LogP contribution in [0.5, 0.6) is 11.5 Å². The Morgan fingerprint density at radius 2 is 0.886 bits per heavy atom. The maximum atomic E-state index is 6.50. The quantitative estimate of drug-likeness (QED) is 0.0926. The van der Waals surface area contributed by atoms with E-state index in [1.54, 1.807) is 0 Å². The van der Waals surface area contributed by atoms with E-state index in [1.807, 2.05) is 11.3 Å². The number of thiol groups is 1. The smallest absolute Gasteiger partial charge is 0.138 e. The van der Waals surface area contributed by atoms with Crippen LogP contribution >= 0.6 is 32.0 Å². The zero-order chi connectivity index (χ0) is 47.1. The molecule has 0 aliphatic rings. The second kappa shape index (κ2) is 18.6. The minimum Gasteiger partial charge on any atom is -0.456 e. The third kappa shape index (κ3) is 7.95. The molecule has 2 nitrogen and oxygen atoms in total. The third-order valence-electron chi connectivity index (χ3n) is 13.6. The van der Waals surface area contributed by atoms with E-state index >= 15 is 0 Å². The summed E-state index contributed by atoms with van der Waals surface area (Å²) in [6.07, 6.45) is 0. The zero-order valence-electron chi connectivity index (χ0n) is 38.4. The van der Waals surface area contributed by atoms with Crippen LogP contribution in [0, 0.1) is 6.92 Å². The number of hydrogen-bond donors (Lipinski definition) is 1. The van der Waals surface area contributed by atoms with Crippen molar-refractivity contribution in [3.63, 3.8) is 0 Å². The zero-order valence-corrected chi connectivity index (χ0v) is 41.2. The molecule has 5 heteroatoms. The van der Waals surface area contributed by atoms with Gasteiger partial charge in [0.25, 0.3) is 0 Å². The standard InChI is InChI=1S/C65H43NOS.H3PS/c1-42-21-22-45-13-5-7-17-58(45)63(42)67-55-34-27-44(28-35-55)49-30-36-56-50(39-49)23-24-51-41-54(33-38-57(51)56)66(53-16-9-15-48(40-53)43-11-3-2-4-12-43)52-31-25-47(26-32-52)60-19-10-20-61-62-37-29-46-14-6-8-18-59(46)65(62)68-64(60)61;1-2/h2-41H,1H3;2H,1H2. The van der Waals surface area contributed by atoms with Gasteiger partial charge in [-0.1, -0.05) is 196 Å². The van der Waals surface area contributed by atoms with Crippen LogP contribution in [-0.4, -0.2) is 0 Å². The molecule has 0 N–H and O–H groups in total. The van der Waals surface area contributed by atoms with Gasteiger partial charge in [-0.05, 0) is 138 Å². The first kappa shape index (κ1) is 43.6. The number of ether oxygens (including phenoxy) is 1. The molecule has 0 amide bonds. The molecule has 0 bridgehead atoms. The summed E-state index contributed by atoms with van der Waals surface area (Å²) < 4.78 is 9.17. The lowest BCUT2D eigenvalue weighted by atomic mass is 9.97. The van der Waals surface area contributed by atoms with Gasteiger partial charge in [-0.2, -0.15) is 12.2 Å². The lowest BCUT2D eigenvalue weighted by Gasteiger charge is -2.27. The van der Waals surface area contributed by atoms with Crippen molar-refractivity contribution in [3.8, 4) is 44.9 Å². The molecule has 334 valence electrons. The number of nitrogens with zero attached hydrogens (tertiary/aromatic N) is 1. The van der Waals surface area contributed by atoms with Crippen LogP contribution in [-0.2, 0) is 0 Å². The van der Waals surface area contributed by atoms with E-state index in [-0.39, 0.29) is 0 Å². The number of hydrogen-bond acceptors (Lipinski definition) is 4. The Balaban J connectivity index is 0.00000249. The Bertz CT molecular complexity index is 4070. The van der Waals surface area contributed by atoms with Crippen molar-refractivity contribution < 1.29 is 4.74 Å². The Labute approximate surface area is 419 Å². The molecule has 0 saturated heterocycles. The van der Waals surface area contributed by atoms with E-state index in [1.165, 1.54) is 85.7 Å². The summed E-state index contributed by atoms with van der Waals surface area (Å²) in [6.45, 7) is 2.10. The highest BCUT2D eigenvalue weighted by molar-refractivity contribution is 8.31. The van der Waals surface area contributed by atoms with Gasteiger partial charge in [0, 0.05) is 42.6 Å². The summed E-state index contributed by atoms with van der Waals surface area (Å²) in [5.74, 6) is 1.73. The van der Waals surface area contributed by atoms with Gasteiger partial charge in [0.2, 0.25) is 0 Å². The van der Waals surface area contributed by atoms with E-state index < -0.39 is 0 Å². The van der Waals surface area contributed by atoms with E-state index in [4.69, 9.17) is 4.74 Å². The summed E-state index contributed by atoms with van der Waals surface area (Å²) in [5.41, 5.74) is 11.6. The fourth-order valence-electron chi connectivity index (χ4n) is 10.1. The second-order valence-corrected chi connectivity index (χ2v) is 18.7. The highest BCUT2D eigenvalue weighted by Crippen LogP contribution is 2.45. The lowest BCUT2D eigenvalue weighted by molar-refractivity contribution is 0.485. The van der Waals surface area contributed by atoms with Gasteiger partial charge in [0.15, 0.2) is 0 Å². The van der Waals surface area contributed by atoms with E-state index in [9.17, 15) is 0 Å². The molecule has 0 saturated carbocycles. The van der Waals surface area contributed by atoms with E-state index in [2.05, 4.69) is 275 Å². The summed E-state index contributed by atoms with van der Waals surface area (Å²) >= 11 is 5.35. The Morgan fingerprint density at radius 1 is 0.357 bits per heavy atom. The molecular weight excluding hydrogens is 906 g/mol. The number of aryl methyl sites for hydroxylation is 1. The molecule has 1 unspecified atom stereocenters. The van der Waals surface area contributed by atoms with Crippen LogP contribution in [0.15, 0.2) is 243 Å². The predicted molar refractivity (Wildman–Crippen MR) is 310 cm³/mol. The highest BCUT2D eigenvalue weighted by atomic mass is 32.7. The highest BCUT2D eigenvalue weighted by Gasteiger charge is 2.18. The molecule has 1 atom stereocenters. The van der Waals surface area contributed by atoms with Crippen molar-refractivity contribution in [2.24, 2.45) is 0 Å². The van der Waals surface area contributed by atoms with Crippen LogP contribution in [0.2, 0.25) is 0 Å². The second-order valence-electron chi connectivity index (χ2n) is 17.7. The maximum Gasteiger partial charge on any atom is 0.138 e. The number of thiophene rings is 1. The Morgan fingerprint density at radius 3 is 1.69 bits per heavy atom. The fraction of sp³-hybridized carbons (Fsp3) is 0.0154. The van der Waals surface area contributed by atoms with E-state index in [0.717, 1.165) is 45.1 Å². The number of anilines is 3. The molecule has 13 aromatic rings. The third-order valence-corrected chi connectivity index (χ3v) is 14.9. The van der Waals surface area contributed by atoms with Crippen molar-refractivity contribution in [1.82, 2.24) is 0 Å². The van der Waals surface area contributed by atoms with Crippen molar-refractivity contribution in [2.75, 3.05) is 4.90 Å². The van der Waals surface area contributed by atoms with Gasteiger partial charge in [-0.3, -0.25) is 0 Å². The molecule has 0 fully saturated rings. The SMILES string of the molecule is Cc1ccc2ccccc2c1Oc1ccc(-c2ccc3c(ccc4cc(N(c5ccc(-c6cccc7c6sc6c8ccccc8ccc76)cc5)c5cccc(-c6ccccc6)c5)ccc43)c2)cc1.PS. The molecule has 1 aromatic heterocycles.